The van der Waals surface area contributed by atoms with Crippen LogP contribution in [0, 0.1) is 4.91 Å². The number of hydrogen-bond donors (Lipinski definition) is 1. The van der Waals surface area contributed by atoms with Crippen LogP contribution in [-0.2, 0) is 10.3 Å². The van der Waals surface area contributed by atoms with Gasteiger partial charge < -0.3 is 5.11 Å². The summed E-state index contributed by atoms with van der Waals surface area (Å²) in [5.41, 5.74) is -1.73. The summed E-state index contributed by atoms with van der Waals surface area (Å²) < 4.78 is 0. The van der Waals surface area contributed by atoms with E-state index in [9.17, 15) is 14.8 Å². The number of thiophene rings is 1. The molecule has 84 valence electrons. The third-order valence-electron chi connectivity index (χ3n) is 2.39. The minimum Gasteiger partial charge on any atom is -0.479 e. The highest BCUT2D eigenvalue weighted by Gasteiger charge is 2.48. The number of hydrogen-bond acceptors (Lipinski definition) is 5. The Morgan fingerprint density at radius 1 is 1.56 bits per heavy atom. The number of carboxylic acid groups (broad SMARTS) is 1. The van der Waals surface area contributed by atoms with Crippen molar-refractivity contribution >= 4 is 29.1 Å². The van der Waals surface area contributed by atoms with Crippen LogP contribution in [0.3, 0.4) is 0 Å². The Hall–Kier alpha value is -1.14. The van der Waals surface area contributed by atoms with Gasteiger partial charge in [-0.3, -0.25) is 0 Å². The van der Waals surface area contributed by atoms with Gasteiger partial charge in [0.25, 0.3) is 5.54 Å². The van der Waals surface area contributed by atoms with E-state index in [4.69, 9.17) is 0 Å². The molecule has 2 rings (SSSR count). The van der Waals surface area contributed by atoms with Crippen molar-refractivity contribution in [1.29, 1.82) is 0 Å². The van der Waals surface area contributed by atoms with Crippen LogP contribution >= 0.6 is 23.1 Å². The lowest BCUT2D eigenvalue weighted by Crippen LogP contribution is -2.33. The van der Waals surface area contributed by atoms with Gasteiger partial charge in [-0.15, -0.1) is 28.0 Å². The molecule has 1 aromatic rings. The van der Waals surface area contributed by atoms with Gasteiger partial charge in [-0.05, 0) is 23.0 Å². The highest BCUT2D eigenvalue weighted by molar-refractivity contribution is 8.03. The highest BCUT2D eigenvalue weighted by Crippen LogP contribution is 2.45. The molecule has 0 amide bonds. The number of rotatable bonds is 4. The van der Waals surface area contributed by atoms with Crippen molar-refractivity contribution in [2.24, 2.45) is 5.18 Å². The number of nitrogens with zero attached hydrogens (tertiary/aromatic N) is 1. The number of carbonyl (C=O) groups is 1. The molecule has 1 aliphatic rings. The number of allylic oxidation sites excluding steroid dienone is 1. The monoisotopic (exact) mass is 255 g/mol. The van der Waals surface area contributed by atoms with E-state index in [1.54, 1.807) is 23.6 Å². The summed E-state index contributed by atoms with van der Waals surface area (Å²) in [7, 11) is 0. The molecule has 1 N–H and O–H groups in total. The van der Waals surface area contributed by atoms with Crippen LogP contribution in [0.25, 0.3) is 0 Å². The molecule has 1 aromatic heterocycles. The summed E-state index contributed by atoms with van der Waals surface area (Å²) in [6.45, 7) is 0. The Bertz CT molecular complexity index is 441. The molecule has 0 aliphatic carbocycles. The Balaban J connectivity index is 2.55. The number of aliphatic carboxylic acids is 1. The minimum atomic E-state index is -1.73. The highest BCUT2D eigenvalue weighted by atomic mass is 32.2. The largest absolute Gasteiger partial charge is 0.479 e. The smallest absolute Gasteiger partial charge is 0.346 e. The second-order valence-electron chi connectivity index (χ2n) is 3.29. The van der Waals surface area contributed by atoms with Gasteiger partial charge in [0.15, 0.2) is 0 Å². The van der Waals surface area contributed by atoms with Gasteiger partial charge in [0.05, 0.1) is 4.88 Å². The van der Waals surface area contributed by atoms with E-state index in [0.29, 0.717) is 9.78 Å². The molecule has 0 saturated heterocycles. The predicted octanol–water partition coefficient (Wildman–Crippen LogP) is 2.82. The maximum absolute atomic E-state index is 11.4. The normalized spacial score (nSPS) is 18.9. The number of nitroso groups, excluding NO2 is 1. The van der Waals surface area contributed by atoms with E-state index >= 15 is 0 Å². The fourth-order valence-corrected chi connectivity index (χ4v) is 3.68. The third-order valence-corrected chi connectivity index (χ3v) is 4.58. The average Bonchev–Trinajstić information content (AvgIpc) is 2.89. The lowest BCUT2D eigenvalue weighted by Gasteiger charge is -2.20. The van der Waals surface area contributed by atoms with E-state index in [2.05, 4.69) is 5.18 Å². The van der Waals surface area contributed by atoms with Crippen molar-refractivity contribution in [3.8, 4) is 0 Å². The molecule has 16 heavy (non-hydrogen) atoms. The van der Waals surface area contributed by atoms with Crippen molar-refractivity contribution in [3.05, 3.63) is 38.3 Å². The molecule has 0 aromatic carbocycles. The van der Waals surface area contributed by atoms with Crippen LogP contribution in [0.2, 0.25) is 0 Å². The van der Waals surface area contributed by atoms with E-state index in [1.807, 2.05) is 0 Å². The van der Waals surface area contributed by atoms with Crippen LogP contribution in [0.1, 0.15) is 11.3 Å². The summed E-state index contributed by atoms with van der Waals surface area (Å²) in [5.74, 6) is -0.392. The zero-order valence-corrected chi connectivity index (χ0v) is 9.88. The van der Waals surface area contributed by atoms with Crippen LogP contribution < -0.4 is 0 Å². The number of carboxylic acids is 1. The van der Waals surface area contributed by atoms with Gasteiger partial charge in [0.1, 0.15) is 0 Å². The second kappa shape index (κ2) is 4.39. The van der Waals surface area contributed by atoms with E-state index in [1.165, 1.54) is 23.1 Å². The van der Waals surface area contributed by atoms with E-state index in [0.717, 1.165) is 12.2 Å². The maximum atomic E-state index is 11.4. The third kappa shape index (κ3) is 1.58. The van der Waals surface area contributed by atoms with Crippen LogP contribution in [0.5, 0.6) is 0 Å². The van der Waals surface area contributed by atoms with Crippen LogP contribution in [0.15, 0.2) is 33.7 Å². The molecule has 1 atom stereocenters. The summed E-state index contributed by atoms with van der Waals surface area (Å²) in [5, 5.41) is 14.0. The fraction of sp³-hybridized carbons (Fsp3) is 0.300. The zero-order chi connectivity index (χ0) is 11.6. The number of thioether (sulfide) groups is 1. The molecule has 4 nitrogen and oxygen atoms in total. The maximum Gasteiger partial charge on any atom is 0.346 e. The fourth-order valence-electron chi connectivity index (χ4n) is 1.62. The van der Waals surface area contributed by atoms with Crippen molar-refractivity contribution in [2.75, 3.05) is 5.75 Å². The van der Waals surface area contributed by atoms with Gasteiger partial charge in [-0.25, -0.2) is 4.79 Å². The minimum absolute atomic E-state index is 0.468. The Kier molecular flexibility index (Phi) is 3.11. The Labute approximate surface area is 100 Å². The molecular weight excluding hydrogens is 246 g/mol. The summed E-state index contributed by atoms with van der Waals surface area (Å²) in [6, 6.07) is 3.36. The van der Waals surface area contributed by atoms with Gasteiger partial charge >= 0.3 is 5.97 Å². The molecular formula is C10H9NO3S2. The van der Waals surface area contributed by atoms with Crippen molar-refractivity contribution in [2.45, 2.75) is 12.0 Å². The SMILES string of the molecule is O=NC(C(=O)O)(C1=CCCS1)c1cccs1. The van der Waals surface area contributed by atoms with Crippen LogP contribution in [-0.4, -0.2) is 16.8 Å². The average molecular weight is 255 g/mol. The standard InChI is InChI=1S/C10H9NO3S2/c12-9(13)10(11-14,7-3-1-5-15-7)8-4-2-6-16-8/h1,3-5H,2,6H2,(H,12,13). The summed E-state index contributed by atoms with van der Waals surface area (Å²) in [6.07, 6.45) is 2.58. The molecule has 0 saturated carbocycles. The van der Waals surface area contributed by atoms with Crippen LogP contribution in [0.4, 0.5) is 0 Å². The summed E-state index contributed by atoms with van der Waals surface area (Å²) >= 11 is 2.63. The van der Waals surface area contributed by atoms with Gasteiger partial charge in [0, 0.05) is 10.7 Å². The van der Waals surface area contributed by atoms with E-state index in [-0.39, 0.29) is 0 Å². The van der Waals surface area contributed by atoms with Gasteiger partial charge in [0.2, 0.25) is 0 Å². The molecule has 0 bridgehead atoms. The second-order valence-corrected chi connectivity index (χ2v) is 5.37. The van der Waals surface area contributed by atoms with Crippen molar-refractivity contribution in [1.82, 2.24) is 0 Å². The molecule has 0 radical (unpaired) electrons. The summed E-state index contributed by atoms with van der Waals surface area (Å²) in [4.78, 5) is 23.5. The lowest BCUT2D eigenvalue weighted by atomic mass is 9.97. The first-order valence-electron chi connectivity index (χ1n) is 4.67. The van der Waals surface area contributed by atoms with Crippen molar-refractivity contribution < 1.29 is 9.90 Å². The van der Waals surface area contributed by atoms with Crippen molar-refractivity contribution in [3.63, 3.8) is 0 Å². The first-order chi connectivity index (χ1) is 7.71. The first-order valence-corrected chi connectivity index (χ1v) is 6.53. The van der Waals surface area contributed by atoms with Gasteiger partial charge in [-0.2, -0.15) is 0 Å². The lowest BCUT2D eigenvalue weighted by molar-refractivity contribution is -0.141. The molecule has 2 heterocycles. The zero-order valence-electron chi connectivity index (χ0n) is 8.25. The van der Waals surface area contributed by atoms with E-state index < -0.39 is 11.5 Å². The molecule has 0 fully saturated rings. The topological polar surface area (TPSA) is 66.7 Å². The quantitative estimate of drug-likeness (QED) is 0.840. The molecule has 1 unspecified atom stereocenters. The first kappa shape index (κ1) is 11.3. The molecule has 1 aliphatic heterocycles. The molecule has 0 spiro atoms. The van der Waals surface area contributed by atoms with Gasteiger partial charge in [-0.1, -0.05) is 12.1 Å². The predicted molar refractivity (Wildman–Crippen MR) is 64.6 cm³/mol. The Morgan fingerprint density at radius 3 is 2.81 bits per heavy atom. The molecule has 6 heteroatoms. The Morgan fingerprint density at radius 2 is 2.38 bits per heavy atom.